The molecule has 3 N–H and O–H groups in total. The summed E-state index contributed by atoms with van der Waals surface area (Å²) in [6, 6.07) is 3.90. The predicted molar refractivity (Wildman–Crippen MR) is 73.8 cm³/mol. The molecule has 0 radical (unpaired) electrons. The molecule has 2 rings (SSSR count). The minimum absolute atomic E-state index is 0.103. The van der Waals surface area contributed by atoms with Gasteiger partial charge in [-0.25, -0.2) is 4.79 Å². The number of amides is 1. The summed E-state index contributed by atoms with van der Waals surface area (Å²) in [4.78, 5) is 23.1. The summed E-state index contributed by atoms with van der Waals surface area (Å²) in [5, 5.41) is 20.9. The molecule has 5 nitrogen and oxygen atoms in total. The Morgan fingerprint density at radius 3 is 2.74 bits per heavy atom. The lowest BCUT2D eigenvalue weighted by molar-refractivity contribution is -0.115. The summed E-state index contributed by atoms with van der Waals surface area (Å²) in [5.74, 6) is -0.526. The Kier molecular flexibility index (Phi) is 4.31. The lowest BCUT2D eigenvalue weighted by Gasteiger charge is -2.20. The average molecular weight is 281 g/mol. The summed E-state index contributed by atoms with van der Waals surface area (Å²) >= 11 is 1.60. The van der Waals surface area contributed by atoms with Gasteiger partial charge in [0.05, 0.1) is 16.5 Å². The number of carboxylic acid groups (broad SMARTS) is 1. The highest BCUT2D eigenvalue weighted by molar-refractivity contribution is 8.00. The van der Waals surface area contributed by atoms with Gasteiger partial charge in [-0.05, 0) is 36.8 Å². The molecular formula is C13H15NO4S. The molecule has 0 aliphatic carbocycles. The number of hydrogen-bond donors (Lipinski definition) is 3. The summed E-state index contributed by atoms with van der Waals surface area (Å²) < 4.78 is 0. The maximum Gasteiger partial charge on any atom is 0.337 e. The fourth-order valence-corrected chi connectivity index (χ4v) is 3.18. The predicted octanol–water partition coefficient (Wildman–Crippen LogP) is 2.31. The number of phenolic OH excluding ortho intramolecular Hbond substituents is 1. The number of phenols is 1. The van der Waals surface area contributed by atoms with E-state index in [0.29, 0.717) is 0 Å². The van der Waals surface area contributed by atoms with E-state index in [0.717, 1.165) is 31.1 Å². The van der Waals surface area contributed by atoms with Crippen LogP contribution in [0.4, 0.5) is 5.69 Å². The Morgan fingerprint density at radius 2 is 2.11 bits per heavy atom. The highest BCUT2D eigenvalue weighted by Gasteiger charge is 2.23. The van der Waals surface area contributed by atoms with Crippen LogP contribution in [0, 0.1) is 0 Å². The molecule has 0 spiro atoms. The van der Waals surface area contributed by atoms with Crippen molar-refractivity contribution >= 4 is 29.3 Å². The van der Waals surface area contributed by atoms with Crippen molar-refractivity contribution in [2.75, 3.05) is 11.1 Å². The second-order valence-corrected chi connectivity index (χ2v) is 5.69. The topological polar surface area (TPSA) is 86.6 Å². The number of nitrogens with one attached hydrogen (secondary N) is 1. The molecular weight excluding hydrogens is 266 g/mol. The minimum Gasteiger partial charge on any atom is -0.508 e. The van der Waals surface area contributed by atoms with E-state index in [1.165, 1.54) is 12.1 Å². The van der Waals surface area contributed by atoms with Crippen LogP contribution >= 0.6 is 11.8 Å². The van der Waals surface area contributed by atoms with Gasteiger partial charge in [0.15, 0.2) is 0 Å². The maximum absolute atomic E-state index is 12.0. The standard InChI is InChI=1S/C13H15NO4S/c15-8-4-5-10(9(7-8)13(17)18)14-12(16)11-3-1-2-6-19-11/h4-5,7,11,15H,1-3,6H2,(H,14,16)(H,17,18). The first-order chi connectivity index (χ1) is 9.08. The number of carbonyl (C=O) groups excluding carboxylic acids is 1. The van der Waals surface area contributed by atoms with E-state index in [2.05, 4.69) is 5.32 Å². The fourth-order valence-electron chi connectivity index (χ4n) is 1.98. The van der Waals surface area contributed by atoms with Crippen LogP contribution in [0.2, 0.25) is 0 Å². The smallest absolute Gasteiger partial charge is 0.337 e. The van der Waals surface area contributed by atoms with E-state index >= 15 is 0 Å². The van der Waals surface area contributed by atoms with Gasteiger partial charge in [0.1, 0.15) is 5.75 Å². The number of aromatic hydroxyl groups is 1. The van der Waals surface area contributed by atoms with Crippen LogP contribution in [0.25, 0.3) is 0 Å². The van der Waals surface area contributed by atoms with Crippen molar-refractivity contribution in [1.29, 1.82) is 0 Å². The quantitative estimate of drug-likeness (QED) is 0.740. The van der Waals surface area contributed by atoms with Gasteiger partial charge in [0.2, 0.25) is 5.91 Å². The second-order valence-electron chi connectivity index (χ2n) is 4.38. The summed E-state index contributed by atoms with van der Waals surface area (Å²) in [7, 11) is 0. The van der Waals surface area contributed by atoms with Gasteiger partial charge >= 0.3 is 5.97 Å². The van der Waals surface area contributed by atoms with Crippen molar-refractivity contribution in [1.82, 2.24) is 0 Å². The Bertz CT molecular complexity index is 497. The minimum atomic E-state index is -1.18. The van der Waals surface area contributed by atoms with Gasteiger partial charge in [-0.15, -0.1) is 11.8 Å². The molecule has 0 saturated carbocycles. The molecule has 102 valence electrons. The van der Waals surface area contributed by atoms with Crippen LogP contribution < -0.4 is 5.32 Å². The van der Waals surface area contributed by atoms with E-state index in [1.54, 1.807) is 11.8 Å². The van der Waals surface area contributed by atoms with Crippen LogP contribution in [-0.4, -0.2) is 33.1 Å². The van der Waals surface area contributed by atoms with E-state index in [1.807, 2.05) is 0 Å². The molecule has 1 fully saturated rings. The third-order valence-corrected chi connectivity index (χ3v) is 4.34. The first-order valence-corrected chi connectivity index (χ1v) is 7.11. The number of hydrogen-bond acceptors (Lipinski definition) is 4. The molecule has 6 heteroatoms. The lowest BCUT2D eigenvalue weighted by atomic mass is 10.1. The molecule has 19 heavy (non-hydrogen) atoms. The van der Waals surface area contributed by atoms with Gasteiger partial charge in [-0.2, -0.15) is 0 Å². The molecule has 1 saturated heterocycles. The summed E-state index contributed by atoms with van der Waals surface area (Å²) in [6.45, 7) is 0. The highest BCUT2D eigenvalue weighted by Crippen LogP contribution is 2.27. The first-order valence-electron chi connectivity index (χ1n) is 6.06. The third kappa shape index (κ3) is 3.41. The van der Waals surface area contributed by atoms with Crippen LogP contribution in [0.1, 0.15) is 29.6 Å². The van der Waals surface area contributed by atoms with E-state index < -0.39 is 5.97 Å². The van der Waals surface area contributed by atoms with Crippen molar-refractivity contribution in [2.24, 2.45) is 0 Å². The van der Waals surface area contributed by atoms with Gasteiger partial charge in [0.25, 0.3) is 0 Å². The Morgan fingerprint density at radius 1 is 1.32 bits per heavy atom. The number of anilines is 1. The van der Waals surface area contributed by atoms with Gasteiger partial charge in [0, 0.05) is 0 Å². The maximum atomic E-state index is 12.0. The molecule has 0 aromatic heterocycles. The van der Waals surface area contributed by atoms with Gasteiger partial charge in [-0.3, -0.25) is 4.79 Å². The van der Waals surface area contributed by atoms with Crippen LogP contribution in [0.3, 0.4) is 0 Å². The normalized spacial score (nSPS) is 18.8. The monoisotopic (exact) mass is 281 g/mol. The van der Waals surface area contributed by atoms with Gasteiger partial charge in [-0.1, -0.05) is 6.42 Å². The average Bonchev–Trinajstić information content (AvgIpc) is 2.41. The zero-order chi connectivity index (χ0) is 13.8. The van der Waals surface area contributed by atoms with E-state index in [4.69, 9.17) is 5.11 Å². The zero-order valence-corrected chi connectivity index (χ0v) is 11.1. The molecule has 1 amide bonds. The third-order valence-electron chi connectivity index (χ3n) is 2.96. The zero-order valence-electron chi connectivity index (χ0n) is 10.3. The Labute approximate surface area is 115 Å². The number of aromatic carboxylic acids is 1. The number of carbonyl (C=O) groups is 2. The number of thioether (sulfide) groups is 1. The number of benzene rings is 1. The summed E-state index contributed by atoms with van der Waals surface area (Å²) in [6.07, 6.45) is 2.96. The van der Waals surface area contributed by atoms with Crippen LogP contribution in [0.5, 0.6) is 5.75 Å². The van der Waals surface area contributed by atoms with Crippen molar-refractivity contribution in [3.63, 3.8) is 0 Å². The number of rotatable bonds is 3. The fraction of sp³-hybridized carbons (Fsp3) is 0.385. The van der Waals surface area contributed by atoms with E-state index in [9.17, 15) is 14.7 Å². The van der Waals surface area contributed by atoms with Gasteiger partial charge < -0.3 is 15.5 Å². The Balaban J connectivity index is 2.13. The van der Waals surface area contributed by atoms with Crippen LogP contribution in [-0.2, 0) is 4.79 Å². The second kappa shape index (κ2) is 5.97. The van der Waals surface area contributed by atoms with Crippen molar-refractivity contribution in [3.05, 3.63) is 23.8 Å². The van der Waals surface area contributed by atoms with E-state index in [-0.39, 0.29) is 28.2 Å². The molecule has 1 unspecified atom stereocenters. The van der Waals surface area contributed by atoms with Crippen molar-refractivity contribution in [2.45, 2.75) is 24.5 Å². The molecule has 1 aromatic carbocycles. The highest BCUT2D eigenvalue weighted by atomic mass is 32.2. The first kappa shape index (κ1) is 13.7. The van der Waals surface area contributed by atoms with Crippen molar-refractivity contribution < 1.29 is 19.8 Å². The van der Waals surface area contributed by atoms with Crippen molar-refractivity contribution in [3.8, 4) is 5.75 Å². The van der Waals surface area contributed by atoms with Crippen LogP contribution in [0.15, 0.2) is 18.2 Å². The molecule has 0 bridgehead atoms. The molecule has 1 atom stereocenters. The lowest BCUT2D eigenvalue weighted by Crippen LogP contribution is -2.28. The molecule has 1 aliphatic heterocycles. The SMILES string of the molecule is O=C(O)c1cc(O)ccc1NC(=O)C1CCCCS1. The largest absolute Gasteiger partial charge is 0.508 e. The molecule has 1 heterocycles. The summed E-state index contributed by atoms with van der Waals surface area (Å²) in [5.41, 5.74) is 0.121. The molecule has 1 aliphatic rings. The molecule has 1 aromatic rings. The number of carboxylic acids is 1. The Hall–Kier alpha value is -1.69.